The summed E-state index contributed by atoms with van der Waals surface area (Å²) in [4.78, 5) is 33.7. The van der Waals surface area contributed by atoms with E-state index in [-0.39, 0.29) is 23.9 Å². The zero-order valence-electron chi connectivity index (χ0n) is 29.6. The number of carbonyl (C=O) groups excluding carboxylic acids is 2. The minimum atomic E-state index is -0.651. The molecule has 4 heterocycles. The first-order valence-electron chi connectivity index (χ1n) is 17.8. The molecule has 3 aromatic carbocycles. The molecule has 8 rings (SSSR count). The Hall–Kier alpha value is -3.89. The zero-order valence-corrected chi connectivity index (χ0v) is 29.6. The molecule has 0 radical (unpaired) electrons. The van der Waals surface area contributed by atoms with Gasteiger partial charge in [0.15, 0.2) is 0 Å². The van der Waals surface area contributed by atoms with Gasteiger partial charge in [0.2, 0.25) is 5.91 Å². The molecule has 1 unspecified atom stereocenters. The number of nitrogens with zero attached hydrogens (tertiary/aromatic N) is 2. The van der Waals surface area contributed by atoms with Crippen LogP contribution in [0.2, 0.25) is 0 Å². The molecule has 2 amide bonds. The molecular weight excluding hydrogens is 617 g/mol. The fourth-order valence-corrected chi connectivity index (χ4v) is 8.62. The molecule has 1 N–H and O–H groups in total. The Bertz CT molecular complexity index is 1890. The molecule has 4 atom stereocenters. The number of likely N-dealkylation sites (tertiary alicyclic amines) is 1. The number of carbonyl (C=O) groups is 2. The average Bonchev–Trinajstić information content (AvgIpc) is 3.83. The number of ether oxygens (including phenoxy) is 2. The second kappa shape index (κ2) is 11.6. The molecule has 3 aromatic rings. The van der Waals surface area contributed by atoms with Gasteiger partial charge in [0.05, 0.1) is 30.0 Å². The van der Waals surface area contributed by atoms with E-state index in [9.17, 15) is 9.59 Å². The standard InChI is InChI=1S/C39H46BN3O6/c1-21(2)35(42-37(45)46-7)36(44)43-32-10-8-9-23(32)17-33(43)31-19-29-27-16-24-20-47-34-18-25(40-48-38(3,4)39(5,6)49-40)12-13-26(34)28(24)15-22(27)11-14-30(29)41-31/h11-16,18,21,23,32-33,35H,8-10,17,19-20H2,1-7H3,(H,42,45)/t23?,32-,33-,35-/m0/s1. The molecule has 5 aliphatic rings. The zero-order chi connectivity index (χ0) is 34.4. The molecular formula is C39H46BN3O6. The molecule has 2 saturated heterocycles. The lowest BCUT2D eigenvalue weighted by atomic mass is 9.77. The summed E-state index contributed by atoms with van der Waals surface area (Å²) in [6, 6.07) is 14.5. The van der Waals surface area contributed by atoms with Crippen LogP contribution in [-0.2, 0) is 31.9 Å². The highest BCUT2D eigenvalue weighted by molar-refractivity contribution is 6.62. The average molecular weight is 664 g/mol. The summed E-state index contributed by atoms with van der Waals surface area (Å²) in [5, 5.41) is 5.16. The molecule has 4 aliphatic heterocycles. The van der Waals surface area contributed by atoms with Crippen molar-refractivity contribution < 1.29 is 28.4 Å². The van der Waals surface area contributed by atoms with Gasteiger partial charge in [-0.3, -0.25) is 9.79 Å². The number of hydrogen-bond acceptors (Lipinski definition) is 7. The van der Waals surface area contributed by atoms with Crippen molar-refractivity contribution in [3.05, 3.63) is 53.6 Å². The Kier molecular flexibility index (Phi) is 7.65. The molecule has 0 bridgehead atoms. The second-order valence-electron chi connectivity index (χ2n) is 15.8. The van der Waals surface area contributed by atoms with E-state index in [4.69, 9.17) is 23.8 Å². The van der Waals surface area contributed by atoms with Gasteiger partial charge in [-0.1, -0.05) is 38.5 Å². The molecule has 9 nitrogen and oxygen atoms in total. The largest absolute Gasteiger partial charge is 0.494 e. The first-order chi connectivity index (χ1) is 23.3. The molecule has 10 heteroatoms. The number of rotatable bonds is 5. The van der Waals surface area contributed by atoms with Crippen molar-refractivity contribution in [3.8, 4) is 16.9 Å². The molecule has 256 valence electrons. The summed E-state index contributed by atoms with van der Waals surface area (Å²) < 4.78 is 23.9. The van der Waals surface area contributed by atoms with Crippen LogP contribution in [0.15, 0.2) is 47.5 Å². The number of fused-ring (bicyclic) bond motifs is 7. The second-order valence-corrected chi connectivity index (χ2v) is 15.8. The van der Waals surface area contributed by atoms with Crippen molar-refractivity contribution >= 4 is 46.8 Å². The lowest BCUT2D eigenvalue weighted by Crippen LogP contribution is -2.56. The van der Waals surface area contributed by atoms with Crippen LogP contribution >= 0.6 is 0 Å². The summed E-state index contributed by atoms with van der Waals surface area (Å²) in [6.07, 6.45) is 4.27. The van der Waals surface area contributed by atoms with Gasteiger partial charge in [0.1, 0.15) is 18.4 Å². The van der Waals surface area contributed by atoms with Gasteiger partial charge >= 0.3 is 13.2 Å². The maximum atomic E-state index is 14.2. The number of hydrogen-bond donors (Lipinski definition) is 1. The van der Waals surface area contributed by atoms with Crippen LogP contribution in [-0.4, -0.2) is 66.2 Å². The Labute approximate surface area is 288 Å². The monoisotopic (exact) mass is 663 g/mol. The summed E-state index contributed by atoms with van der Waals surface area (Å²) in [5.41, 5.74) is 6.73. The van der Waals surface area contributed by atoms with E-state index < -0.39 is 30.5 Å². The summed E-state index contributed by atoms with van der Waals surface area (Å²) in [5.74, 6) is 1.18. The van der Waals surface area contributed by atoms with E-state index in [1.54, 1.807) is 0 Å². The van der Waals surface area contributed by atoms with Gasteiger partial charge in [0.25, 0.3) is 0 Å². The summed E-state index contributed by atoms with van der Waals surface area (Å²) in [6.45, 7) is 12.7. The molecule has 0 aromatic heterocycles. The van der Waals surface area contributed by atoms with Crippen molar-refractivity contribution in [2.45, 2.75) is 110 Å². The van der Waals surface area contributed by atoms with Crippen molar-refractivity contribution in [2.75, 3.05) is 7.11 Å². The van der Waals surface area contributed by atoms with Gasteiger partial charge in [-0.15, -0.1) is 0 Å². The van der Waals surface area contributed by atoms with Gasteiger partial charge in [0, 0.05) is 23.7 Å². The van der Waals surface area contributed by atoms with E-state index in [2.05, 4.69) is 80.4 Å². The third kappa shape index (κ3) is 5.25. The predicted molar refractivity (Wildman–Crippen MR) is 191 cm³/mol. The normalized spacial score (nSPS) is 25.0. The quantitative estimate of drug-likeness (QED) is 0.314. The Morgan fingerprint density at radius 1 is 1.02 bits per heavy atom. The van der Waals surface area contributed by atoms with Crippen LogP contribution in [0.3, 0.4) is 0 Å². The molecule has 1 saturated carbocycles. The SMILES string of the molecule is COC(=O)N[C@H](C(=O)N1[C@H](C2=Nc3ccc4cc5c(cc4c3C2)COc2cc(B3OC(C)(C)C(C)(C)O3)ccc2-5)CC2CCC[C@@H]21)C(C)C. The highest BCUT2D eigenvalue weighted by atomic mass is 16.7. The number of alkyl carbamates (subject to hydrolysis) is 1. The van der Waals surface area contributed by atoms with Gasteiger partial charge in [-0.05, 0) is 116 Å². The Balaban J connectivity index is 1.08. The first-order valence-corrected chi connectivity index (χ1v) is 17.8. The molecule has 0 spiro atoms. The lowest BCUT2D eigenvalue weighted by molar-refractivity contribution is -0.136. The van der Waals surface area contributed by atoms with Gasteiger partial charge in [-0.2, -0.15) is 0 Å². The number of methoxy groups -OCH3 is 1. The van der Waals surface area contributed by atoms with E-state index in [0.717, 1.165) is 64.8 Å². The smallest absolute Gasteiger partial charge is 0.488 e. The maximum absolute atomic E-state index is 14.2. The minimum absolute atomic E-state index is 0.0326. The Morgan fingerprint density at radius 3 is 2.53 bits per heavy atom. The fourth-order valence-electron chi connectivity index (χ4n) is 8.62. The van der Waals surface area contributed by atoms with Crippen LogP contribution in [0.25, 0.3) is 21.9 Å². The lowest BCUT2D eigenvalue weighted by Gasteiger charge is -2.34. The molecule has 1 aliphatic carbocycles. The summed E-state index contributed by atoms with van der Waals surface area (Å²) >= 11 is 0. The van der Waals surface area contributed by atoms with Gasteiger partial charge in [-0.25, -0.2) is 4.79 Å². The fraction of sp³-hybridized carbons (Fsp3) is 0.513. The highest BCUT2D eigenvalue weighted by Crippen LogP contribution is 2.46. The van der Waals surface area contributed by atoms with Crippen LogP contribution in [0.4, 0.5) is 10.5 Å². The highest BCUT2D eigenvalue weighted by Gasteiger charge is 2.52. The minimum Gasteiger partial charge on any atom is -0.488 e. The Morgan fingerprint density at radius 2 is 1.80 bits per heavy atom. The van der Waals surface area contributed by atoms with E-state index in [1.807, 2.05) is 13.8 Å². The number of nitrogens with one attached hydrogen (secondary N) is 1. The molecule has 49 heavy (non-hydrogen) atoms. The van der Waals surface area contributed by atoms with Crippen molar-refractivity contribution in [1.82, 2.24) is 10.2 Å². The number of aliphatic imine (C=N–C) groups is 1. The van der Waals surface area contributed by atoms with Gasteiger partial charge < -0.3 is 29.0 Å². The van der Waals surface area contributed by atoms with E-state index in [0.29, 0.717) is 18.9 Å². The van der Waals surface area contributed by atoms with Crippen molar-refractivity contribution in [2.24, 2.45) is 16.8 Å². The molecule has 3 fully saturated rings. The summed E-state index contributed by atoms with van der Waals surface area (Å²) in [7, 11) is 0.887. The third-order valence-corrected chi connectivity index (χ3v) is 12.0. The van der Waals surface area contributed by atoms with Crippen LogP contribution in [0.5, 0.6) is 5.75 Å². The van der Waals surface area contributed by atoms with Crippen LogP contribution in [0, 0.1) is 11.8 Å². The third-order valence-electron chi connectivity index (χ3n) is 12.0. The topological polar surface area (TPSA) is 98.7 Å². The maximum Gasteiger partial charge on any atom is 0.494 e. The number of benzene rings is 3. The van der Waals surface area contributed by atoms with Crippen molar-refractivity contribution in [1.29, 1.82) is 0 Å². The van der Waals surface area contributed by atoms with Crippen molar-refractivity contribution in [3.63, 3.8) is 0 Å². The first kappa shape index (κ1) is 32.3. The van der Waals surface area contributed by atoms with Crippen LogP contribution < -0.4 is 15.5 Å². The predicted octanol–water partition coefficient (Wildman–Crippen LogP) is 6.48. The van der Waals surface area contributed by atoms with E-state index in [1.165, 1.54) is 23.6 Å². The van der Waals surface area contributed by atoms with Crippen LogP contribution in [0.1, 0.15) is 78.4 Å². The number of amides is 2. The van der Waals surface area contributed by atoms with E-state index >= 15 is 0 Å².